The number of nitriles is 1. The molecule has 0 fully saturated rings. The van der Waals surface area contributed by atoms with Gasteiger partial charge in [-0.3, -0.25) is 0 Å². The number of carbonyl (C=O) groups is 1. The van der Waals surface area contributed by atoms with Crippen LogP contribution in [0.5, 0.6) is 23.0 Å². The zero-order valence-electron chi connectivity index (χ0n) is 18.1. The molecule has 1 spiro atoms. The minimum atomic E-state index is -1.30. The van der Waals surface area contributed by atoms with E-state index >= 15 is 0 Å². The second-order valence-electron chi connectivity index (χ2n) is 8.23. The van der Waals surface area contributed by atoms with E-state index in [9.17, 15) is 15.0 Å². The van der Waals surface area contributed by atoms with Crippen molar-refractivity contribution in [2.45, 2.75) is 5.60 Å². The third kappa shape index (κ3) is 3.09. The van der Waals surface area contributed by atoms with Gasteiger partial charge in [0.1, 0.15) is 23.0 Å². The van der Waals surface area contributed by atoms with Crippen LogP contribution in [0.25, 0.3) is 0 Å². The fourth-order valence-electron chi connectivity index (χ4n) is 4.56. The average Bonchev–Trinajstić information content (AvgIpc) is 3.15. The summed E-state index contributed by atoms with van der Waals surface area (Å²) in [6.45, 7) is 0. The number of esters is 1. The minimum absolute atomic E-state index is 0.000440. The molecule has 0 atom stereocenters. The van der Waals surface area contributed by atoms with Crippen molar-refractivity contribution in [3.8, 4) is 40.9 Å². The number of aromatic hydroxyl groups is 2. The fourth-order valence-corrected chi connectivity index (χ4v) is 4.56. The quantitative estimate of drug-likeness (QED) is 0.287. The van der Waals surface area contributed by atoms with Crippen molar-refractivity contribution >= 4 is 5.97 Å². The molecule has 4 aromatic carbocycles. The van der Waals surface area contributed by atoms with E-state index < -0.39 is 11.6 Å². The highest BCUT2D eigenvalue weighted by atomic mass is 16.6. The molecule has 0 amide bonds. The summed E-state index contributed by atoms with van der Waals surface area (Å²) in [5.41, 5.74) is 2.76. The lowest BCUT2D eigenvalue weighted by molar-refractivity contribution is 0.0224. The summed E-state index contributed by atoms with van der Waals surface area (Å²) in [5.74, 6) is 6.25. The molecule has 0 unspecified atom stereocenters. The van der Waals surface area contributed by atoms with E-state index in [0.717, 1.165) is 5.56 Å². The molecule has 35 heavy (non-hydrogen) atoms. The Kier molecular flexibility index (Phi) is 4.32. The van der Waals surface area contributed by atoms with Crippen molar-refractivity contribution in [2.24, 2.45) is 0 Å². The number of hydrogen-bond acceptors (Lipinski definition) is 6. The van der Waals surface area contributed by atoms with Gasteiger partial charge in [-0.05, 0) is 60.7 Å². The predicted octanol–water partition coefficient (Wildman–Crippen LogP) is 4.94. The summed E-state index contributed by atoms with van der Waals surface area (Å²) in [7, 11) is 0. The monoisotopic (exact) mass is 457 g/mol. The van der Waals surface area contributed by atoms with Crippen LogP contribution in [0.4, 0.5) is 0 Å². The third-order valence-electron chi connectivity index (χ3n) is 6.14. The number of benzene rings is 4. The van der Waals surface area contributed by atoms with Crippen LogP contribution in [0, 0.1) is 23.2 Å². The molecular weight excluding hydrogens is 442 g/mol. The summed E-state index contributed by atoms with van der Waals surface area (Å²) >= 11 is 0. The Labute approximate surface area is 200 Å². The van der Waals surface area contributed by atoms with Crippen LogP contribution in [0.1, 0.15) is 43.7 Å². The first kappa shape index (κ1) is 20.4. The molecule has 0 bridgehead atoms. The zero-order valence-corrected chi connectivity index (χ0v) is 18.1. The lowest BCUT2D eigenvalue weighted by atomic mass is 9.77. The van der Waals surface area contributed by atoms with Crippen molar-refractivity contribution in [3.63, 3.8) is 0 Å². The Morgan fingerprint density at radius 3 is 1.86 bits per heavy atom. The Balaban J connectivity index is 1.50. The van der Waals surface area contributed by atoms with E-state index in [1.165, 1.54) is 24.3 Å². The Bertz CT molecular complexity index is 1600. The van der Waals surface area contributed by atoms with E-state index in [-0.39, 0.29) is 11.5 Å². The fraction of sp³-hybridized carbons (Fsp3) is 0.0345. The lowest BCUT2D eigenvalue weighted by Gasteiger charge is -2.36. The van der Waals surface area contributed by atoms with E-state index in [1.807, 2.05) is 12.1 Å². The molecule has 4 aromatic rings. The molecule has 0 radical (unpaired) electrons. The number of ether oxygens (including phenoxy) is 2. The molecule has 2 N–H and O–H groups in total. The number of phenolic OH excluding ortho intramolecular Hbond substituents is 2. The molecule has 2 aliphatic heterocycles. The van der Waals surface area contributed by atoms with Crippen LogP contribution in [-0.2, 0) is 10.3 Å². The van der Waals surface area contributed by atoms with Crippen LogP contribution in [0.3, 0.4) is 0 Å². The van der Waals surface area contributed by atoms with Crippen LogP contribution in [0.15, 0.2) is 78.9 Å². The van der Waals surface area contributed by atoms with Gasteiger partial charge >= 0.3 is 5.97 Å². The number of fused-ring (bicyclic) bond motifs is 6. The standard InChI is InChI=1S/C29H15NO5/c30-16-19-5-2-17(3-6-19)1-4-18-7-10-23-22(13-18)28(33)35-29(23)24-11-8-20(31)14-26(24)34-27-15-21(32)9-12-25(27)29/h2-3,5-15,31-32H. The van der Waals surface area contributed by atoms with E-state index in [2.05, 4.69) is 17.9 Å². The topological polar surface area (TPSA) is 99.8 Å². The Hall–Kier alpha value is -5.20. The molecule has 0 aromatic heterocycles. The summed E-state index contributed by atoms with van der Waals surface area (Å²) < 4.78 is 12.0. The van der Waals surface area contributed by atoms with Gasteiger partial charge in [0.05, 0.1) is 17.2 Å². The van der Waals surface area contributed by atoms with Crippen LogP contribution in [-0.4, -0.2) is 16.2 Å². The highest BCUT2D eigenvalue weighted by Gasteiger charge is 2.53. The van der Waals surface area contributed by atoms with Crippen molar-refractivity contribution in [3.05, 3.63) is 118 Å². The van der Waals surface area contributed by atoms with Gasteiger partial charge in [0.15, 0.2) is 5.60 Å². The summed E-state index contributed by atoms with van der Waals surface area (Å²) in [6, 6.07) is 23.6. The molecule has 6 nitrogen and oxygen atoms in total. The van der Waals surface area contributed by atoms with Gasteiger partial charge in [0.2, 0.25) is 0 Å². The molecule has 0 saturated carbocycles. The largest absolute Gasteiger partial charge is 0.508 e. The summed E-state index contributed by atoms with van der Waals surface area (Å²) in [5, 5.41) is 29.0. The van der Waals surface area contributed by atoms with Gasteiger partial charge in [0.25, 0.3) is 0 Å². The van der Waals surface area contributed by atoms with Crippen molar-refractivity contribution in [1.29, 1.82) is 5.26 Å². The molecule has 6 heteroatoms. The van der Waals surface area contributed by atoms with Crippen LogP contribution < -0.4 is 4.74 Å². The first-order valence-electron chi connectivity index (χ1n) is 10.7. The molecule has 2 aliphatic rings. The van der Waals surface area contributed by atoms with E-state index in [1.54, 1.807) is 42.5 Å². The van der Waals surface area contributed by atoms with Gasteiger partial charge < -0.3 is 19.7 Å². The maximum Gasteiger partial charge on any atom is 0.340 e. The molecular formula is C29H15NO5. The Morgan fingerprint density at radius 1 is 0.686 bits per heavy atom. The predicted molar refractivity (Wildman–Crippen MR) is 125 cm³/mol. The van der Waals surface area contributed by atoms with E-state index in [4.69, 9.17) is 14.7 Å². The molecule has 2 heterocycles. The second kappa shape index (κ2) is 7.41. The summed E-state index contributed by atoms with van der Waals surface area (Å²) in [4.78, 5) is 13.1. The molecule has 0 aliphatic carbocycles. The number of nitrogens with zero attached hydrogens (tertiary/aromatic N) is 1. The van der Waals surface area contributed by atoms with Gasteiger partial charge in [-0.2, -0.15) is 5.26 Å². The van der Waals surface area contributed by atoms with Crippen molar-refractivity contribution < 1.29 is 24.5 Å². The highest BCUT2D eigenvalue weighted by molar-refractivity contribution is 5.97. The van der Waals surface area contributed by atoms with Crippen LogP contribution >= 0.6 is 0 Å². The number of hydrogen-bond donors (Lipinski definition) is 2. The van der Waals surface area contributed by atoms with Crippen molar-refractivity contribution in [1.82, 2.24) is 0 Å². The van der Waals surface area contributed by atoms with Gasteiger partial charge in [-0.1, -0.05) is 17.9 Å². The first-order valence-corrected chi connectivity index (χ1v) is 10.7. The van der Waals surface area contributed by atoms with E-state index in [0.29, 0.717) is 44.9 Å². The zero-order chi connectivity index (χ0) is 24.2. The minimum Gasteiger partial charge on any atom is -0.508 e. The van der Waals surface area contributed by atoms with Crippen molar-refractivity contribution in [2.75, 3.05) is 0 Å². The van der Waals surface area contributed by atoms with Crippen LogP contribution in [0.2, 0.25) is 0 Å². The maximum absolute atomic E-state index is 13.1. The Morgan fingerprint density at radius 2 is 1.23 bits per heavy atom. The maximum atomic E-state index is 13.1. The third-order valence-corrected chi connectivity index (χ3v) is 6.14. The van der Waals surface area contributed by atoms with Gasteiger partial charge in [0, 0.05) is 39.9 Å². The smallest absolute Gasteiger partial charge is 0.340 e. The second-order valence-corrected chi connectivity index (χ2v) is 8.23. The molecule has 0 saturated heterocycles. The number of phenols is 2. The average molecular weight is 457 g/mol. The lowest BCUT2D eigenvalue weighted by Crippen LogP contribution is -2.32. The summed E-state index contributed by atoms with van der Waals surface area (Å²) in [6.07, 6.45) is 0. The highest BCUT2D eigenvalue weighted by Crippen LogP contribution is 2.57. The number of rotatable bonds is 0. The number of carbonyl (C=O) groups excluding carboxylic acids is 1. The van der Waals surface area contributed by atoms with Gasteiger partial charge in [-0.15, -0.1) is 0 Å². The SMILES string of the molecule is N#Cc1ccc(C#Cc2ccc3c(c2)C(=O)OC32c3ccc(O)cc3Oc3cc(O)ccc32)cc1. The molecule has 6 rings (SSSR count). The normalized spacial score (nSPS) is 13.9. The van der Waals surface area contributed by atoms with Gasteiger partial charge in [-0.25, -0.2) is 4.79 Å². The molecule has 166 valence electrons. The first-order chi connectivity index (χ1) is 17.0.